The van der Waals surface area contributed by atoms with Crippen molar-refractivity contribution < 1.29 is 19.5 Å². The number of hydrogen-bond donors (Lipinski definition) is 2. The lowest BCUT2D eigenvalue weighted by Gasteiger charge is -2.26. The normalized spacial score (nSPS) is 16.9. The maximum absolute atomic E-state index is 12.5. The predicted molar refractivity (Wildman–Crippen MR) is 84.2 cm³/mol. The van der Waals surface area contributed by atoms with Crippen molar-refractivity contribution in [3.05, 3.63) is 23.8 Å². The largest absolute Gasteiger partial charge is 0.480 e. The molecule has 2 N–H and O–H groups in total. The number of rotatable bonds is 4. The van der Waals surface area contributed by atoms with Gasteiger partial charge in [-0.3, -0.25) is 14.4 Å². The molecule has 118 valence electrons. The lowest BCUT2D eigenvalue weighted by atomic mass is 10.1. The maximum Gasteiger partial charge on any atom is 0.323 e. The van der Waals surface area contributed by atoms with Crippen molar-refractivity contribution in [2.75, 3.05) is 11.9 Å². The Labute approximate surface area is 132 Å². The van der Waals surface area contributed by atoms with E-state index in [1.54, 1.807) is 32.0 Å². The molecule has 0 radical (unpaired) electrons. The molecule has 1 atom stereocenters. The molecule has 1 heterocycles. The van der Waals surface area contributed by atoms with E-state index in [1.807, 2.05) is 6.92 Å². The van der Waals surface area contributed by atoms with Crippen LogP contribution in [0.25, 0.3) is 0 Å². The Morgan fingerprint density at radius 3 is 2.68 bits per heavy atom. The average molecular weight is 322 g/mol. The average Bonchev–Trinajstić information content (AvgIpc) is 2.44. The van der Waals surface area contributed by atoms with Gasteiger partial charge in [0.1, 0.15) is 6.54 Å². The summed E-state index contributed by atoms with van der Waals surface area (Å²) in [6.45, 7) is 4.98. The fraction of sp³-hybridized carbons (Fsp3) is 0.400. The number of hydrogen-bond acceptors (Lipinski definition) is 4. The third-order valence-corrected chi connectivity index (χ3v) is 4.52. The number of amides is 2. The fourth-order valence-corrected chi connectivity index (χ4v) is 3.07. The Bertz CT molecular complexity index is 630. The third-order valence-electron chi connectivity index (χ3n) is 3.35. The molecule has 2 amide bonds. The summed E-state index contributed by atoms with van der Waals surface area (Å²) in [5.41, 5.74) is 0.960. The number of thioether (sulfide) groups is 1. The van der Waals surface area contributed by atoms with Gasteiger partial charge < -0.3 is 15.3 Å². The first-order chi connectivity index (χ1) is 10.3. The van der Waals surface area contributed by atoms with Crippen molar-refractivity contribution in [3.8, 4) is 0 Å². The van der Waals surface area contributed by atoms with Gasteiger partial charge in [0.25, 0.3) is 5.91 Å². The number of nitrogens with zero attached hydrogens (tertiary/aromatic N) is 1. The zero-order valence-corrected chi connectivity index (χ0v) is 13.4. The Morgan fingerprint density at radius 1 is 1.41 bits per heavy atom. The first-order valence-electron chi connectivity index (χ1n) is 6.94. The molecule has 6 nitrogen and oxygen atoms in total. The van der Waals surface area contributed by atoms with E-state index in [9.17, 15) is 14.4 Å². The molecule has 0 fully saturated rings. The minimum Gasteiger partial charge on any atom is -0.480 e. The number of anilines is 1. The van der Waals surface area contributed by atoms with Gasteiger partial charge in [-0.2, -0.15) is 0 Å². The minimum atomic E-state index is -1.06. The van der Waals surface area contributed by atoms with E-state index in [2.05, 4.69) is 5.32 Å². The predicted octanol–water partition coefficient (Wildman–Crippen LogP) is 2.05. The molecule has 1 aliphatic heterocycles. The minimum absolute atomic E-state index is 0.103. The number of aliphatic carboxylic acids is 1. The van der Waals surface area contributed by atoms with Crippen LogP contribution in [0.3, 0.4) is 0 Å². The number of carbonyl (C=O) groups is 3. The second-order valence-electron chi connectivity index (χ2n) is 5.38. The van der Waals surface area contributed by atoms with Crippen LogP contribution in [0.2, 0.25) is 0 Å². The van der Waals surface area contributed by atoms with Gasteiger partial charge in [0, 0.05) is 16.5 Å². The van der Waals surface area contributed by atoms with E-state index >= 15 is 0 Å². The summed E-state index contributed by atoms with van der Waals surface area (Å²) in [7, 11) is 0. The third kappa shape index (κ3) is 3.41. The van der Waals surface area contributed by atoms with Gasteiger partial charge in [0.05, 0.1) is 10.9 Å². The summed E-state index contributed by atoms with van der Waals surface area (Å²) in [6, 6.07) is 4.81. The SMILES string of the molecule is CC1Sc2ccc(C(=O)N(CC(=O)O)C(C)C)cc2NC1=O. The standard InChI is InChI=1S/C15H18N2O4S/c1-8(2)17(7-13(18)19)15(21)10-4-5-12-11(6-10)16-14(20)9(3)22-12/h4-6,8-9H,7H2,1-3H3,(H,16,20)(H,18,19). The van der Waals surface area contributed by atoms with Gasteiger partial charge in [0.2, 0.25) is 5.91 Å². The van der Waals surface area contributed by atoms with Crippen LogP contribution < -0.4 is 5.32 Å². The molecule has 1 aromatic rings. The second kappa shape index (κ2) is 6.39. The highest BCUT2D eigenvalue weighted by atomic mass is 32.2. The summed E-state index contributed by atoms with van der Waals surface area (Å²) in [4.78, 5) is 37.3. The lowest BCUT2D eigenvalue weighted by molar-refractivity contribution is -0.138. The highest BCUT2D eigenvalue weighted by Gasteiger charge is 2.26. The molecule has 0 aromatic heterocycles. The summed E-state index contributed by atoms with van der Waals surface area (Å²) in [5, 5.41) is 11.5. The second-order valence-corrected chi connectivity index (χ2v) is 6.76. The van der Waals surface area contributed by atoms with Gasteiger partial charge >= 0.3 is 5.97 Å². The fourth-order valence-electron chi connectivity index (χ4n) is 2.14. The molecular formula is C15H18N2O4S. The van der Waals surface area contributed by atoms with Crippen LogP contribution in [0.15, 0.2) is 23.1 Å². The van der Waals surface area contributed by atoms with Gasteiger partial charge in [-0.25, -0.2) is 0 Å². The van der Waals surface area contributed by atoms with Crippen LogP contribution in [0.4, 0.5) is 5.69 Å². The molecule has 0 bridgehead atoms. The Hall–Kier alpha value is -2.02. The first-order valence-corrected chi connectivity index (χ1v) is 7.82. The van der Waals surface area contributed by atoms with Crippen LogP contribution in [-0.2, 0) is 9.59 Å². The summed E-state index contributed by atoms with van der Waals surface area (Å²) < 4.78 is 0. The molecule has 22 heavy (non-hydrogen) atoms. The molecule has 0 spiro atoms. The lowest BCUT2D eigenvalue weighted by Crippen LogP contribution is -2.40. The Balaban J connectivity index is 2.29. The first kappa shape index (κ1) is 16.4. The number of fused-ring (bicyclic) bond motifs is 1. The molecule has 1 aliphatic rings. The van der Waals surface area contributed by atoms with Gasteiger partial charge in [-0.1, -0.05) is 0 Å². The number of benzene rings is 1. The number of carboxylic acids is 1. The molecule has 0 aliphatic carbocycles. The molecule has 1 unspecified atom stereocenters. The topological polar surface area (TPSA) is 86.7 Å². The summed E-state index contributed by atoms with van der Waals surface area (Å²) in [6.07, 6.45) is 0. The number of carbonyl (C=O) groups excluding carboxylic acids is 2. The Kier molecular flexibility index (Phi) is 4.75. The number of carboxylic acid groups (broad SMARTS) is 1. The summed E-state index contributed by atoms with van der Waals surface area (Å²) in [5.74, 6) is -1.52. The van der Waals surface area contributed by atoms with Crippen molar-refractivity contribution in [1.82, 2.24) is 4.90 Å². The van der Waals surface area contributed by atoms with Crippen molar-refractivity contribution >= 4 is 35.2 Å². The maximum atomic E-state index is 12.5. The summed E-state index contributed by atoms with van der Waals surface area (Å²) >= 11 is 1.43. The van der Waals surface area contributed by atoms with E-state index < -0.39 is 5.97 Å². The number of nitrogens with one attached hydrogen (secondary N) is 1. The molecule has 0 saturated heterocycles. The molecular weight excluding hydrogens is 304 g/mol. The van der Waals surface area contributed by atoms with Crippen LogP contribution in [-0.4, -0.2) is 45.6 Å². The Morgan fingerprint density at radius 2 is 2.09 bits per heavy atom. The van der Waals surface area contributed by atoms with Crippen LogP contribution in [0.1, 0.15) is 31.1 Å². The quantitative estimate of drug-likeness (QED) is 0.886. The van der Waals surface area contributed by atoms with E-state index in [1.165, 1.54) is 16.7 Å². The zero-order chi connectivity index (χ0) is 16.4. The highest BCUT2D eigenvalue weighted by molar-refractivity contribution is 8.00. The molecule has 7 heteroatoms. The van der Waals surface area contributed by atoms with Crippen LogP contribution in [0, 0.1) is 0 Å². The van der Waals surface area contributed by atoms with Crippen LogP contribution in [0.5, 0.6) is 0 Å². The molecule has 2 rings (SSSR count). The zero-order valence-electron chi connectivity index (χ0n) is 12.6. The van der Waals surface area contributed by atoms with Crippen molar-refractivity contribution in [2.24, 2.45) is 0 Å². The van der Waals surface area contributed by atoms with Crippen molar-refractivity contribution in [3.63, 3.8) is 0 Å². The van der Waals surface area contributed by atoms with E-state index in [-0.39, 0.29) is 29.7 Å². The van der Waals surface area contributed by atoms with Gasteiger partial charge in [-0.15, -0.1) is 11.8 Å². The van der Waals surface area contributed by atoms with E-state index in [4.69, 9.17) is 5.11 Å². The van der Waals surface area contributed by atoms with E-state index in [0.717, 1.165) is 4.90 Å². The van der Waals surface area contributed by atoms with Gasteiger partial charge in [-0.05, 0) is 39.0 Å². The van der Waals surface area contributed by atoms with Gasteiger partial charge in [0.15, 0.2) is 0 Å². The van der Waals surface area contributed by atoms with Crippen LogP contribution >= 0.6 is 11.8 Å². The monoisotopic (exact) mass is 322 g/mol. The molecule has 0 saturated carbocycles. The van der Waals surface area contributed by atoms with E-state index in [0.29, 0.717) is 11.3 Å². The highest BCUT2D eigenvalue weighted by Crippen LogP contribution is 2.36. The van der Waals surface area contributed by atoms with Crippen molar-refractivity contribution in [2.45, 2.75) is 37.0 Å². The smallest absolute Gasteiger partial charge is 0.323 e. The molecule has 1 aromatic carbocycles. The van der Waals surface area contributed by atoms with Crippen molar-refractivity contribution in [1.29, 1.82) is 0 Å².